The van der Waals surface area contributed by atoms with Gasteiger partial charge in [0.25, 0.3) is 0 Å². The second-order valence-corrected chi connectivity index (χ2v) is 9.16. The van der Waals surface area contributed by atoms with Gasteiger partial charge in [-0.15, -0.1) is 0 Å². The number of hydrogen-bond donors (Lipinski definition) is 0. The van der Waals surface area contributed by atoms with Crippen LogP contribution in [0.3, 0.4) is 0 Å². The summed E-state index contributed by atoms with van der Waals surface area (Å²) in [5.41, 5.74) is 5.78. The highest BCUT2D eigenvalue weighted by Gasteiger charge is 2.19. The van der Waals surface area contributed by atoms with Gasteiger partial charge in [0.2, 0.25) is 0 Å². The van der Waals surface area contributed by atoms with E-state index in [1.807, 2.05) is 12.1 Å². The Morgan fingerprint density at radius 1 is 0.677 bits per heavy atom. The van der Waals surface area contributed by atoms with E-state index in [0.29, 0.717) is 0 Å². The quantitative estimate of drug-likeness (QED) is 0.283. The number of aromatic nitrogens is 2. The predicted octanol–water partition coefficient (Wildman–Crippen LogP) is 7.65. The van der Waals surface area contributed by atoms with Gasteiger partial charge in [-0.3, -0.25) is 0 Å². The van der Waals surface area contributed by atoms with Gasteiger partial charge in [-0.25, -0.2) is 9.97 Å². The number of fused-ring (bicyclic) bond motifs is 6. The molecule has 0 N–H and O–H groups in total. The summed E-state index contributed by atoms with van der Waals surface area (Å²) in [7, 11) is 0. The van der Waals surface area contributed by atoms with Crippen LogP contribution in [0.5, 0.6) is 0 Å². The first-order chi connectivity index (χ1) is 15.0. The van der Waals surface area contributed by atoms with Crippen LogP contribution in [0.1, 0.15) is 26.3 Å². The van der Waals surface area contributed by atoms with E-state index in [2.05, 4.69) is 91.4 Å². The van der Waals surface area contributed by atoms with Crippen LogP contribution >= 0.6 is 0 Å². The molecule has 6 rings (SSSR count). The van der Waals surface area contributed by atoms with Crippen molar-refractivity contribution in [2.24, 2.45) is 0 Å². The van der Waals surface area contributed by atoms with Crippen LogP contribution in [0.4, 0.5) is 0 Å². The molecule has 3 nitrogen and oxygen atoms in total. The first-order valence-corrected chi connectivity index (χ1v) is 10.6. The van der Waals surface area contributed by atoms with E-state index in [0.717, 1.165) is 44.1 Å². The van der Waals surface area contributed by atoms with E-state index in [1.54, 1.807) is 6.33 Å². The lowest BCUT2D eigenvalue weighted by Gasteiger charge is -2.20. The second-order valence-electron chi connectivity index (χ2n) is 9.16. The molecular formula is C28H22N2O. The Labute approximate surface area is 180 Å². The molecule has 4 aromatic carbocycles. The van der Waals surface area contributed by atoms with Gasteiger partial charge in [0.15, 0.2) is 5.58 Å². The third kappa shape index (κ3) is 2.73. The lowest BCUT2D eigenvalue weighted by atomic mass is 9.85. The maximum absolute atomic E-state index is 6.45. The van der Waals surface area contributed by atoms with Crippen LogP contribution in [0.25, 0.3) is 54.9 Å². The molecule has 0 saturated heterocycles. The van der Waals surface area contributed by atoms with Gasteiger partial charge in [0.1, 0.15) is 23.1 Å². The van der Waals surface area contributed by atoms with E-state index in [1.165, 1.54) is 16.3 Å². The molecule has 31 heavy (non-hydrogen) atoms. The highest BCUT2D eigenvalue weighted by Crippen LogP contribution is 2.39. The van der Waals surface area contributed by atoms with Gasteiger partial charge in [-0.05, 0) is 33.2 Å². The lowest BCUT2D eigenvalue weighted by molar-refractivity contribution is 0.591. The van der Waals surface area contributed by atoms with Crippen LogP contribution in [-0.2, 0) is 5.41 Å². The zero-order valence-electron chi connectivity index (χ0n) is 17.8. The molecule has 0 saturated carbocycles. The van der Waals surface area contributed by atoms with E-state index < -0.39 is 0 Å². The zero-order chi connectivity index (χ0) is 21.2. The minimum absolute atomic E-state index is 0.103. The Morgan fingerprint density at radius 2 is 1.48 bits per heavy atom. The van der Waals surface area contributed by atoms with Crippen molar-refractivity contribution in [1.29, 1.82) is 0 Å². The molecule has 150 valence electrons. The highest BCUT2D eigenvalue weighted by atomic mass is 16.3. The molecule has 0 bridgehead atoms. The summed E-state index contributed by atoms with van der Waals surface area (Å²) >= 11 is 0. The summed E-state index contributed by atoms with van der Waals surface area (Å²) in [6.45, 7) is 6.72. The Morgan fingerprint density at radius 3 is 2.35 bits per heavy atom. The molecular weight excluding hydrogens is 380 g/mol. The summed E-state index contributed by atoms with van der Waals surface area (Å²) in [6.07, 6.45) is 1.64. The highest BCUT2D eigenvalue weighted by molar-refractivity contribution is 6.16. The molecule has 0 aliphatic heterocycles. The Bertz CT molecular complexity index is 1620. The first-order valence-electron chi connectivity index (χ1n) is 10.6. The first kappa shape index (κ1) is 18.1. The van der Waals surface area contributed by atoms with Gasteiger partial charge in [0.05, 0.1) is 0 Å². The van der Waals surface area contributed by atoms with Crippen LogP contribution in [0, 0.1) is 0 Å². The molecule has 6 aromatic rings. The Balaban J connectivity index is 1.66. The Hall–Kier alpha value is -3.72. The average molecular weight is 402 g/mol. The molecule has 0 spiro atoms. The Kier molecular flexibility index (Phi) is 3.73. The molecule has 0 fully saturated rings. The van der Waals surface area contributed by atoms with Crippen molar-refractivity contribution in [2.75, 3.05) is 0 Å². The van der Waals surface area contributed by atoms with Gasteiger partial charge >= 0.3 is 0 Å². The summed E-state index contributed by atoms with van der Waals surface area (Å²) in [5.74, 6) is 0. The molecule has 2 aromatic heterocycles. The monoisotopic (exact) mass is 402 g/mol. The van der Waals surface area contributed by atoms with Crippen LogP contribution in [-0.4, -0.2) is 9.97 Å². The van der Waals surface area contributed by atoms with Gasteiger partial charge in [-0.2, -0.15) is 0 Å². The van der Waals surface area contributed by atoms with Crippen molar-refractivity contribution < 1.29 is 4.42 Å². The molecule has 0 atom stereocenters. The SMILES string of the molecule is CC(C)(C)c1ccc2c(-c3ncnc4c3oc3c5ccccc5ccc43)cccc2c1. The summed E-state index contributed by atoms with van der Waals surface area (Å²) < 4.78 is 6.45. The van der Waals surface area contributed by atoms with Crippen molar-refractivity contribution in [3.8, 4) is 11.3 Å². The number of nitrogens with zero attached hydrogens (tertiary/aromatic N) is 2. The van der Waals surface area contributed by atoms with E-state index in [9.17, 15) is 0 Å². The molecule has 0 amide bonds. The third-order valence-corrected chi connectivity index (χ3v) is 6.14. The normalized spacial score (nSPS) is 12.4. The zero-order valence-corrected chi connectivity index (χ0v) is 17.8. The van der Waals surface area contributed by atoms with Crippen molar-refractivity contribution in [3.05, 3.63) is 84.7 Å². The van der Waals surface area contributed by atoms with Crippen molar-refractivity contribution in [2.45, 2.75) is 26.2 Å². The number of benzene rings is 4. The molecule has 0 aliphatic rings. The summed E-state index contributed by atoms with van der Waals surface area (Å²) in [6, 6.07) is 25.6. The maximum atomic E-state index is 6.45. The fourth-order valence-corrected chi connectivity index (χ4v) is 4.45. The van der Waals surface area contributed by atoms with Crippen molar-refractivity contribution >= 4 is 43.6 Å². The topological polar surface area (TPSA) is 38.9 Å². The van der Waals surface area contributed by atoms with Crippen LogP contribution < -0.4 is 0 Å². The smallest absolute Gasteiger partial charge is 0.180 e. The van der Waals surface area contributed by atoms with Crippen molar-refractivity contribution in [1.82, 2.24) is 9.97 Å². The summed E-state index contributed by atoms with van der Waals surface area (Å²) in [4.78, 5) is 9.25. The van der Waals surface area contributed by atoms with Crippen LogP contribution in [0.15, 0.2) is 83.5 Å². The molecule has 3 heteroatoms. The lowest BCUT2D eigenvalue weighted by Crippen LogP contribution is -2.10. The minimum atomic E-state index is 0.103. The van der Waals surface area contributed by atoms with E-state index in [4.69, 9.17) is 4.42 Å². The summed E-state index contributed by atoms with van der Waals surface area (Å²) in [5, 5.41) is 5.65. The molecule has 0 aliphatic carbocycles. The molecule has 2 heterocycles. The minimum Gasteiger partial charge on any atom is -0.451 e. The number of rotatable bonds is 1. The predicted molar refractivity (Wildman–Crippen MR) is 128 cm³/mol. The maximum Gasteiger partial charge on any atom is 0.180 e. The fraction of sp³-hybridized carbons (Fsp3) is 0.143. The van der Waals surface area contributed by atoms with Crippen LogP contribution in [0.2, 0.25) is 0 Å². The molecule has 0 radical (unpaired) electrons. The average Bonchev–Trinajstić information content (AvgIpc) is 3.17. The fourth-order valence-electron chi connectivity index (χ4n) is 4.45. The van der Waals surface area contributed by atoms with Gasteiger partial charge in [0, 0.05) is 16.3 Å². The van der Waals surface area contributed by atoms with Crippen molar-refractivity contribution in [3.63, 3.8) is 0 Å². The molecule has 0 unspecified atom stereocenters. The third-order valence-electron chi connectivity index (χ3n) is 6.14. The van der Waals surface area contributed by atoms with Gasteiger partial charge in [-0.1, -0.05) is 87.5 Å². The number of furan rings is 1. The standard InChI is InChI=1S/C28H22N2O/c1-28(2,3)19-12-14-20-18(15-19)8-6-10-22(20)24-27-25(30-16-29-24)23-13-11-17-7-4-5-9-21(17)26(23)31-27/h4-16H,1-3H3. The largest absolute Gasteiger partial charge is 0.451 e. The van der Waals surface area contributed by atoms with E-state index >= 15 is 0 Å². The van der Waals surface area contributed by atoms with E-state index in [-0.39, 0.29) is 5.41 Å². The van der Waals surface area contributed by atoms with Gasteiger partial charge < -0.3 is 4.42 Å². The number of hydrogen-bond acceptors (Lipinski definition) is 3. The second kappa shape index (κ2) is 6.39.